The van der Waals surface area contributed by atoms with E-state index in [2.05, 4.69) is 20.4 Å². The van der Waals surface area contributed by atoms with Gasteiger partial charge in [0.15, 0.2) is 0 Å². The maximum absolute atomic E-state index is 5.83. The Bertz CT molecular complexity index is 648. The van der Waals surface area contributed by atoms with E-state index >= 15 is 0 Å². The summed E-state index contributed by atoms with van der Waals surface area (Å²) in [5, 5.41) is 13.0. The molecule has 5 nitrogen and oxygen atoms in total. The Labute approximate surface area is 108 Å². The van der Waals surface area contributed by atoms with Gasteiger partial charge in [0, 0.05) is 16.8 Å². The van der Waals surface area contributed by atoms with Crippen LogP contribution in [-0.4, -0.2) is 25.2 Å². The molecule has 0 N–H and O–H groups in total. The number of aromatic nitrogens is 5. The van der Waals surface area contributed by atoms with Crippen molar-refractivity contribution in [3.8, 4) is 17.1 Å². The first-order valence-corrected chi connectivity index (χ1v) is 5.67. The van der Waals surface area contributed by atoms with E-state index in [1.54, 1.807) is 24.5 Å². The third-order valence-electron chi connectivity index (χ3n) is 2.39. The van der Waals surface area contributed by atoms with Crippen LogP contribution >= 0.6 is 11.6 Å². The smallest absolute Gasteiger partial charge is 0.205 e. The fourth-order valence-corrected chi connectivity index (χ4v) is 1.64. The topological polar surface area (TPSA) is 56.5 Å². The van der Waals surface area contributed by atoms with Gasteiger partial charge in [0.2, 0.25) is 5.82 Å². The van der Waals surface area contributed by atoms with E-state index in [4.69, 9.17) is 11.6 Å². The van der Waals surface area contributed by atoms with Crippen molar-refractivity contribution >= 4 is 11.6 Å². The molecule has 0 aliphatic carbocycles. The quantitative estimate of drug-likeness (QED) is 0.707. The average molecular weight is 258 g/mol. The van der Waals surface area contributed by atoms with Crippen molar-refractivity contribution in [2.24, 2.45) is 0 Å². The molecule has 88 valence electrons. The van der Waals surface area contributed by atoms with Gasteiger partial charge in [-0.15, -0.1) is 15.0 Å². The fourth-order valence-electron chi connectivity index (χ4n) is 1.51. The van der Waals surface area contributed by atoms with Crippen molar-refractivity contribution in [3.05, 3.63) is 53.8 Å². The predicted octanol–water partition coefficient (Wildman–Crippen LogP) is 2.38. The summed E-state index contributed by atoms with van der Waals surface area (Å²) in [5.41, 5.74) is 1.64. The monoisotopic (exact) mass is 257 g/mol. The third kappa shape index (κ3) is 2.08. The largest absolute Gasteiger partial charge is 0.262 e. The number of halogens is 1. The van der Waals surface area contributed by atoms with E-state index in [-0.39, 0.29) is 0 Å². The number of hydrogen-bond donors (Lipinski definition) is 0. The molecule has 3 aromatic rings. The fraction of sp³-hybridized carbons (Fsp3) is 0. The van der Waals surface area contributed by atoms with Crippen LogP contribution in [0.1, 0.15) is 0 Å². The molecule has 0 atom stereocenters. The maximum atomic E-state index is 5.83. The Kier molecular flexibility index (Phi) is 2.74. The van der Waals surface area contributed by atoms with Gasteiger partial charge in [-0.25, -0.2) is 0 Å². The molecular weight excluding hydrogens is 250 g/mol. The summed E-state index contributed by atoms with van der Waals surface area (Å²) in [4.78, 5) is 5.45. The van der Waals surface area contributed by atoms with E-state index in [9.17, 15) is 0 Å². The highest BCUT2D eigenvalue weighted by molar-refractivity contribution is 6.30. The van der Waals surface area contributed by atoms with Crippen molar-refractivity contribution in [2.75, 3.05) is 0 Å². The van der Waals surface area contributed by atoms with Gasteiger partial charge in [0.05, 0.1) is 6.20 Å². The molecule has 1 aromatic carbocycles. The predicted molar refractivity (Wildman–Crippen MR) is 67.4 cm³/mol. The molecule has 2 heterocycles. The van der Waals surface area contributed by atoms with Gasteiger partial charge in [-0.1, -0.05) is 11.6 Å². The molecule has 0 fully saturated rings. The number of rotatable bonds is 2. The lowest BCUT2D eigenvalue weighted by Gasteiger charge is -1.96. The number of hydrogen-bond acceptors (Lipinski definition) is 4. The molecule has 0 radical (unpaired) electrons. The summed E-state index contributed by atoms with van der Waals surface area (Å²) < 4.78 is 0. The summed E-state index contributed by atoms with van der Waals surface area (Å²) in [6, 6.07) is 11.0. The first-order chi connectivity index (χ1) is 8.83. The van der Waals surface area contributed by atoms with Gasteiger partial charge < -0.3 is 0 Å². The first kappa shape index (κ1) is 10.9. The minimum Gasteiger partial charge on any atom is -0.262 e. The maximum Gasteiger partial charge on any atom is 0.205 e. The average Bonchev–Trinajstić information content (AvgIpc) is 2.90. The molecule has 0 saturated carbocycles. The lowest BCUT2D eigenvalue weighted by Crippen LogP contribution is -1.98. The van der Waals surface area contributed by atoms with Gasteiger partial charge in [-0.3, -0.25) is 4.98 Å². The molecule has 3 rings (SSSR count). The lowest BCUT2D eigenvalue weighted by molar-refractivity contribution is 0.717. The zero-order valence-corrected chi connectivity index (χ0v) is 9.99. The van der Waals surface area contributed by atoms with Gasteiger partial charge in [-0.2, -0.15) is 0 Å². The molecule has 0 aliphatic heterocycles. The second kappa shape index (κ2) is 4.54. The Hall–Kier alpha value is -2.27. The van der Waals surface area contributed by atoms with Gasteiger partial charge in [-0.05, 0) is 41.6 Å². The van der Waals surface area contributed by atoms with Crippen LogP contribution in [-0.2, 0) is 0 Å². The third-order valence-corrected chi connectivity index (χ3v) is 2.64. The molecule has 0 unspecified atom stereocenters. The zero-order valence-electron chi connectivity index (χ0n) is 9.23. The van der Waals surface area contributed by atoms with Crippen LogP contribution in [0.2, 0.25) is 5.02 Å². The number of pyridine rings is 1. The lowest BCUT2D eigenvalue weighted by atomic mass is 10.2. The minimum atomic E-state index is 0.551. The van der Waals surface area contributed by atoms with E-state index in [0.29, 0.717) is 10.8 Å². The van der Waals surface area contributed by atoms with Crippen molar-refractivity contribution in [1.82, 2.24) is 25.2 Å². The Morgan fingerprint density at radius 1 is 1.06 bits per heavy atom. The SMILES string of the molecule is Clc1ccc(-c2nnn(-c3cccnc3)n2)cc1. The summed E-state index contributed by atoms with van der Waals surface area (Å²) in [6.07, 6.45) is 3.37. The molecule has 0 saturated heterocycles. The van der Waals surface area contributed by atoms with Crippen LogP contribution in [0.15, 0.2) is 48.8 Å². The molecule has 2 aromatic heterocycles. The van der Waals surface area contributed by atoms with Crippen LogP contribution in [0.25, 0.3) is 17.1 Å². The summed E-state index contributed by atoms with van der Waals surface area (Å²) in [5.74, 6) is 0.551. The molecular formula is C12H8ClN5. The highest BCUT2D eigenvalue weighted by Gasteiger charge is 2.06. The second-order valence-electron chi connectivity index (χ2n) is 3.62. The zero-order chi connectivity index (χ0) is 12.4. The highest BCUT2D eigenvalue weighted by atomic mass is 35.5. The molecule has 0 amide bonds. The van der Waals surface area contributed by atoms with Crippen LogP contribution in [0.4, 0.5) is 0 Å². The standard InChI is InChI=1S/C12H8ClN5/c13-10-5-3-9(4-6-10)12-15-17-18(16-12)11-2-1-7-14-8-11/h1-8H. The van der Waals surface area contributed by atoms with Crippen molar-refractivity contribution in [2.45, 2.75) is 0 Å². The molecule has 18 heavy (non-hydrogen) atoms. The van der Waals surface area contributed by atoms with Crippen molar-refractivity contribution < 1.29 is 0 Å². The van der Waals surface area contributed by atoms with Crippen LogP contribution < -0.4 is 0 Å². The Balaban J connectivity index is 1.97. The molecule has 6 heteroatoms. The van der Waals surface area contributed by atoms with E-state index < -0.39 is 0 Å². The van der Waals surface area contributed by atoms with Gasteiger partial charge in [0.1, 0.15) is 5.69 Å². The summed E-state index contributed by atoms with van der Waals surface area (Å²) in [7, 11) is 0. The van der Waals surface area contributed by atoms with E-state index in [0.717, 1.165) is 11.3 Å². The normalized spacial score (nSPS) is 10.5. The Morgan fingerprint density at radius 3 is 2.61 bits per heavy atom. The number of benzene rings is 1. The number of nitrogens with zero attached hydrogens (tertiary/aromatic N) is 5. The Morgan fingerprint density at radius 2 is 1.89 bits per heavy atom. The summed E-state index contributed by atoms with van der Waals surface area (Å²) in [6.45, 7) is 0. The van der Waals surface area contributed by atoms with E-state index in [1.165, 1.54) is 4.80 Å². The van der Waals surface area contributed by atoms with Gasteiger partial charge in [0.25, 0.3) is 0 Å². The van der Waals surface area contributed by atoms with Crippen LogP contribution in [0, 0.1) is 0 Å². The molecule has 0 aliphatic rings. The molecule has 0 spiro atoms. The van der Waals surface area contributed by atoms with Gasteiger partial charge >= 0.3 is 0 Å². The van der Waals surface area contributed by atoms with Crippen molar-refractivity contribution in [1.29, 1.82) is 0 Å². The van der Waals surface area contributed by atoms with Crippen LogP contribution in [0.3, 0.4) is 0 Å². The van der Waals surface area contributed by atoms with Crippen LogP contribution in [0.5, 0.6) is 0 Å². The van der Waals surface area contributed by atoms with Crippen molar-refractivity contribution in [3.63, 3.8) is 0 Å². The second-order valence-corrected chi connectivity index (χ2v) is 4.06. The van der Waals surface area contributed by atoms with E-state index in [1.807, 2.05) is 24.3 Å². The molecule has 0 bridgehead atoms. The highest BCUT2D eigenvalue weighted by Crippen LogP contribution is 2.17. The summed E-state index contributed by atoms with van der Waals surface area (Å²) >= 11 is 5.83. The number of tetrazole rings is 1. The first-order valence-electron chi connectivity index (χ1n) is 5.29. The minimum absolute atomic E-state index is 0.551.